The van der Waals surface area contributed by atoms with Gasteiger partial charge in [0.15, 0.2) is 0 Å². The summed E-state index contributed by atoms with van der Waals surface area (Å²) in [7, 11) is 0. The second-order valence-electron chi connectivity index (χ2n) is 6.63. The lowest BCUT2D eigenvalue weighted by Gasteiger charge is -2.02. The van der Waals surface area contributed by atoms with E-state index in [2.05, 4.69) is 13.2 Å². The fourth-order valence-electron chi connectivity index (χ4n) is 2.24. The van der Waals surface area contributed by atoms with E-state index in [1.54, 1.807) is 48.6 Å². The van der Waals surface area contributed by atoms with E-state index in [0.717, 1.165) is 22.3 Å². The zero-order chi connectivity index (χ0) is 23.9. The Morgan fingerprint density at radius 1 is 0.750 bits per heavy atom. The molecule has 0 unspecified atom stereocenters. The number of allylic oxidation sites excluding steroid dienone is 3. The SMILES string of the molecule is C=C(C)/C=C\C(=C)OC(=O)/C=C/c1ccc(OC(=O)/C=C/c2ccc(C)cc2)cc1.CC. The maximum Gasteiger partial charge on any atom is 0.336 e. The Morgan fingerprint density at radius 3 is 1.78 bits per heavy atom. The Labute approximate surface area is 190 Å². The summed E-state index contributed by atoms with van der Waals surface area (Å²) in [6.45, 7) is 15.2. The quantitative estimate of drug-likeness (QED) is 0.151. The number of rotatable bonds is 8. The van der Waals surface area contributed by atoms with Crippen molar-refractivity contribution in [3.63, 3.8) is 0 Å². The Balaban J connectivity index is 0.00000249. The van der Waals surface area contributed by atoms with E-state index < -0.39 is 11.9 Å². The molecule has 0 aliphatic carbocycles. The average Bonchev–Trinajstić information content (AvgIpc) is 2.78. The smallest absolute Gasteiger partial charge is 0.336 e. The molecule has 0 amide bonds. The van der Waals surface area contributed by atoms with Gasteiger partial charge in [0, 0.05) is 12.2 Å². The number of carbonyl (C=O) groups excluding carboxylic acids is 2. The molecule has 0 aliphatic rings. The highest BCUT2D eigenvalue weighted by atomic mass is 16.5. The highest BCUT2D eigenvalue weighted by molar-refractivity contribution is 5.89. The molecule has 32 heavy (non-hydrogen) atoms. The zero-order valence-electron chi connectivity index (χ0n) is 19.1. The van der Waals surface area contributed by atoms with Crippen LogP contribution in [0.15, 0.2) is 97.3 Å². The summed E-state index contributed by atoms with van der Waals surface area (Å²) in [5.74, 6) is -0.368. The van der Waals surface area contributed by atoms with E-state index >= 15 is 0 Å². The lowest BCUT2D eigenvalue weighted by Crippen LogP contribution is -2.03. The minimum absolute atomic E-state index is 0.230. The van der Waals surface area contributed by atoms with Crippen molar-refractivity contribution in [2.75, 3.05) is 0 Å². The van der Waals surface area contributed by atoms with Crippen LogP contribution in [0.2, 0.25) is 0 Å². The number of esters is 2. The number of hydrogen-bond donors (Lipinski definition) is 0. The predicted octanol–water partition coefficient (Wildman–Crippen LogP) is 6.84. The second kappa shape index (κ2) is 14.1. The number of aryl methyl sites for hydroxylation is 1. The highest BCUT2D eigenvalue weighted by Crippen LogP contribution is 2.14. The van der Waals surface area contributed by atoms with E-state index in [-0.39, 0.29) is 5.76 Å². The van der Waals surface area contributed by atoms with E-state index in [9.17, 15) is 9.59 Å². The third-order valence-electron chi connectivity index (χ3n) is 3.79. The van der Waals surface area contributed by atoms with Gasteiger partial charge >= 0.3 is 11.9 Å². The molecule has 2 rings (SSSR count). The molecule has 2 aromatic carbocycles. The van der Waals surface area contributed by atoms with Crippen molar-refractivity contribution in [1.82, 2.24) is 0 Å². The molecule has 0 bridgehead atoms. The summed E-state index contributed by atoms with van der Waals surface area (Å²) in [6, 6.07) is 14.6. The van der Waals surface area contributed by atoms with Crippen LogP contribution in [0.1, 0.15) is 37.5 Å². The first kappa shape index (κ1) is 26.1. The predicted molar refractivity (Wildman–Crippen MR) is 132 cm³/mol. The van der Waals surface area contributed by atoms with Crippen LogP contribution in [0, 0.1) is 6.92 Å². The highest BCUT2D eigenvalue weighted by Gasteiger charge is 2.02. The largest absolute Gasteiger partial charge is 0.424 e. The van der Waals surface area contributed by atoms with Gasteiger partial charge < -0.3 is 9.47 Å². The Bertz CT molecular complexity index is 1000. The molecule has 4 heteroatoms. The van der Waals surface area contributed by atoms with Crippen molar-refractivity contribution in [3.05, 3.63) is 114 Å². The van der Waals surface area contributed by atoms with Crippen LogP contribution in [0.25, 0.3) is 12.2 Å². The molecule has 0 atom stereocenters. The maximum atomic E-state index is 11.9. The van der Waals surface area contributed by atoms with E-state index in [4.69, 9.17) is 9.47 Å². The normalized spacial score (nSPS) is 10.6. The van der Waals surface area contributed by atoms with Crippen molar-refractivity contribution >= 4 is 24.1 Å². The molecule has 0 heterocycles. The summed E-state index contributed by atoms with van der Waals surface area (Å²) >= 11 is 0. The van der Waals surface area contributed by atoms with Gasteiger partial charge in [-0.05, 0) is 55.3 Å². The van der Waals surface area contributed by atoms with Gasteiger partial charge in [-0.1, -0.05) is 80.6 Å². The summed E-state index contributed by atoms with van der Waals surface area (Å²) in [6.07, 6.45) is 9.25. The van der Waals surface area contributed by atoms with E-state index in [1.807, 2.05) is 52.0 Å². The molecule has 0 aromatic heterocycles. The van der Waals surface area contributed by atoms with Crippen molar-refractivity contribution in [3.8, 4) is 5.75 Å². The van der Waals surface area contributed by atoms with E-state index in [1.165, 1.54) is 12.2 Å². The third kappa shape index (κ3) is 10.7. The first-order valence-electron chi connectivity index (χ1n) is 10.3. The molecule has 0 radical (unpaired) electrons. The number of carbonyl (C=O) groups is 2. The van der Waals surface area contributed by atoms with Gasteiger partial charge in [-0.25, -0.2) is 9.59 Å². The van der Waals surface area contributed by atoms with Gasteiger partial charge in [0.05, 0.1) is 0 Å². The third-order valence-corrected chi connectivity index (χ3v) is 3.79. The van der Waals surface area contributed by atoms with Gasteiger partial charge in [0.2, 0.25) is 0 Å². The topological polar surface area (TPSA) is 52.6 Å². The monoisotopic (exact) mass is 430 g/mol. The first-order chi connectivity index (χ1) is 15.3. The second-order valence-corrected chi connectivity index (χ2v) is 6.63. The summed E-state index contributed by atoms with van der Waals surface area (Å²) in [5, 5.41) is 0. The first-order valence-corrected chi connectivity index (χ1v) is 10.3. The summed E-state index contributed by atoms with van der Waals surface area (Å²) in [5.41, 5.74) is 3.66. The molecular weight excluding hydrogens is 400 g/mol. The standard InChI is InChI=1S/C26H24O4.C2H6/c1-19(2)5-8-21(4)29-25(27)17-13-23-11-15-24(16-12-23)30-26(28)18-14-22-9-6-20(3)7-10-22;1-2/h5-18H,1,4H2,2-3H3;1-2H3/b8-5-,17-13+,18-14+;. The van der Waals surface area contributed by atoms with Crippen molar-refractivity contribution in [2.45, 2.75) is 27.7 Å². The van der Waals surface area contributed by atoms with Gasteiger partial charge in [-0.2, -0.15) is 0 Å². The Hall–Kier alpha value is -3.92. The molecular formula is C28H30O4. The van der Waals surface area contributed by atoms with Crippen molar-refractivity contribution in [1.29, 1.82) is 0 Å². The summed E-state index contributed by atoms with van der Waals surface area (Å²) < 4.78 is 10.3. The van der Waals surface area contributed by atoms with Crippen molar-refractivity contribution < 1.29 is 19.1 Å². The van der Waals surface area contributed by atoms with Crippen molar-refractivity contribution in [2.24, 2.45) is 0 Å². The number of hydrogen-bond acceptors (Lipinski definition) is 4. The van der Waals surface area contributed by atoms with Crippen LogP contribution >= 0.6 is 0 Å². The molecule has 2 aromatic rings. The lowest BCUT2D eigenvalue weighted by molar-refractivity contribution is -0.133. The van der Waals surface area contributed by atoms with Crippen LogP contribution in [-0.2, 0) is 14.3 Å². The van der Waals surface area contributed by atoms with Crippen LogP contribution in [-0.4, -0.2) is 11.9 Å². The molecule has 0 saturated carbocycles. The fraction of sp³-hybridized carbons (Fsp3) is 0.143. The minimum atomic E-state index is -0.539. The molecule has 166 valence electrons. The van der Waals surface area contributed by atoms with E-state index in [0.29, 0.717) is 5.75 Å². The fourth-order valence-corrected chi connectivity index (χ4v) is 2.24. The van der Waals surface area contributed by atoms with Crippen LogP contribution in [0.3, 0.4) is 0 Å². The molecule has 0 saturated heterocycles. The van der Waals surface area contributed by atoms with Gasteiger partial charge in [0.25, 0.3) is 0 Å². The van der Waals surface area contributed by atoms with Gasteiger partial charge in [0.1, 0.15) is 11.5 Å². The maximum absolute atomic E-state index is 11.9. The number of benzene rings is 2. The number of ether oxygens (including phenoxy) is 2. The summed E-state index contributed by atoms with van der Waals surface area (Å²) in [4.78, 5) is 23.7. The zero-order valence-corrected chi connectivity index (χ0v) is 19.1. The molecule has 0 fully saturated rings. The van der Waals surface area contributed by atoms with Crippen LogP contribution in [0.5, 0.6) is 5.75 Å². The van der Waals surface area contributed by atoms with Crippen LogP contribution < -0.4 is 4.74 Å². The minimum Gasteiger partial charge on any atom is -0.424 e. The lowest BCUT2D eigenvalue weighted by atomic mass is 10.1. The average molecular weight is 431 g/mol. The molecule has 0 spiro atoms. The molecule has 0 aliphatic heterocycles. The van der Waals surface area contributed by atoms with Gasteiger partial charge in [-0.3, -0.25) is 0 Å². The molecule has 4 nitrogen and oxygen atoms in total. The molecule has 0 N–H and O–H groups in total. The van der Waals surface area contributed by atoms with Crippen LogP contribution in [0.4, 0.5) is 0 Å². The Morgan fingerprint density at radius 2 is 1.25 bits per heavy atom. The Kier molecular flexibility index (Phi) is 11.5. The van der Waals surface area contributed by atoms with Gasteiger partial charge in [-0.15, -0.1) is 0 Å².